The maximum atomic E-state index is 12.2. The molecule has 0 saturated heterocycles. The van der Waals surface area contributed by atoms with Crippen LogP contribution in [0.25, 0.3) is 11.0 Å². The van der Waals surface area contributed by atoms with Crippen LogP contribution in [0.15, 0.2) is 36.7 Å². The number of urea groups is 1. The average Bonchev–Trinajstić information content (AvgIpc) is 2.90. The second kappa shape index (κ2) is 5.52. The van der Waals surface area contributed by atoms with Crippen LogP contribution in [0, 0.1) is 20.8 Å². The fourth-order valence-corrected chi connectivity index (χ4v) is 2.67. The maximum Gasteiger partial charge on any atom is 0.323 e. The fourth-order valence-electron chi connectivity index (χ4n) is 2.67. The van der Waals surface area contributed by atoms with Gasteiger partial charge in [0.15, 0.2) is 0 Å². The van der Waals surface area contributed by atoms with Crippen LogP contribution in [0.5, 0.6) is 0 Å². The molecular weight excluding hydrogens is 276 g/mol. The molecule has 22 heavy (non-hydrogen) atoms. The summed E-state index contributed by atoms with van der Waals surface area (Å²) in [6.07, 6.45) is 1.63. The van der Waals surface area contributed by atoms with Gasteiger partial charge < -0.3 is 15.6 Å². The highest BCUT2D eigenvalue weighted by Gasteiger charge is 2.09. The number of imidazole rings is 1. The summed E-state index contributed by atoms with van der Waals surface area (Å²) in [5, 5.41) is 5.76. The van der Waals surface area contributed by atoms with E-state index < -0.39 is 0 Å². The topological polar surface area (TPSA) is 69.8 Å². The minimum Gasteiger partial charge on any atom is -0.345 e. The number of H-pyrrole nitrogens is 1. The van der Waals surface area contributed by atoms with Crippen LogP contribution in [0.1, 0.15) is 16.7 Å². The number of carbonyl (C=O) groups is 1. The second-order valence-corrected chi connectivity index (χ2v) is 5.49. The summed E-state index contributed by atoms with van der Waals surface area (Å²) in [4.78, 5) is 19.4. The van der Waals surface area contributed by atoms with Crippen molar-refractivity contribution in [3.05, 3.63) is 53.3 Å². The van der Waals surface area contributed by atoms with Gasteiger partial charge in [-0.25, -0.2) is 9.78 Å². The number of nitrogens with one attached hydrogen (secondary N) is 3. The summed E-state index contributed by atoms with van der Waals surface area (Å²) in [6.45, 7) is 6.03. The molecule has 2 amide bonds. The molecule has 112 valence electrons. The normalized spacial score (nSPS) is 10.7. The quantitative estimate of drug-likeness (QED) is 0.665. The first-order valence-corrected chi connectivity index (χ1v) is 7.12. The van der Waals surface area contributed by atoms with Crippen molar-refractivity contribution in [3.63, 3.8) is 0 Å². The van der Waals surface area contributed by atoms with Gasteiger partial charge in [-0.2, -0.15) is 0 Å². The molecule has 0 radical (unpaired) electrons. The molecular formula is C17H18N4O. The molecule has 0 aliphatic heterocycles. The number of hydrogen-bond acceptors (Lipinski definition) is 2. The van der Waals surface area contributed by atoms with Crippen molar-refractivity contribution in [2.45, 2.75) is 20.8 Å². The molecule has 3 rings (SSSR count). The van der Waals surface area contributed by atoms with E-state index in [1.165, 1.54) is 5.56 Å². The number of benzene rings is 2. The number of rotatable bonds is 2. The molecule has 0 saturated carbocycles. The van der Waals surface area contributed by atoms with E-state index in [1.54, 1.807) is 6.33 Å². The Morgan fingerprint density at radius 1 is 1.05 bits per heavy atom. The van der Waals surface area contributed by atoms with Crippen molar-refractivity contribution in [3.8, 4) is 0 Å². The highest BCUT2D eigenvalue weighted by Crippen LogP contribution is 2.22. The van der Waals surface area contributed by atoms with Crippen molar-refractivity contribution in [2.75, 3.05) is 10.6 Å². The molecule has 3 aromatic rings. The van der Waals surface area contributed by atoms with Gasteiger partial charge in [0.05, 0.1) is 17.4 Å². The molecule has 1 aromatic heterocycles. The van der Waals surface area contributed by atoms with Crippen molar-refractivity contribution >= 4 is 28.4 Å². The fraction of sp³-hybridized carbons (Fsp3) is 0.176. The van der Waals surface area contributed by atoms with Gasteiger partial charge in [-0.05, 0) is 50.1 Å². The van der Waals surface area contributed by atoms with Crippen molar-refractivity contribution < 1.29 is 4.79 Å². The van der Waals surface area contributed by atoms with E-state index in [-0.39, 0.29) is 6.03 Å². The Kier molecular flexibility index (Phi) is 3.55. The first-order valence-electron chi connectivity index (χ1n) is 7.12. The van der Waals surface area contributed by atoms with Crippen LogP contribution in [0.2, 0.25) is 0 Å². The number of aryl methyl sites for hydroxylation is 3. The summed E-state index contributed by atoms with van der Waals surface area (Å²) in [6, 6.07) is 9.41. The van der Waals surface area contributed by atoms with Crippen LogP contribution in [0.4, 0.5) is 16.2 Å². The zero-order chi connectivity index (χ0) is 15.7. The molecule has 1 heterocycles. The van der Waals surface area contributed by atoms with Crippen molar-refractivity contribution in [2.24, 2.45) is 0 Å². The molecule has 5 nitrogen and oxygen atoms in total. The second-order valence-electron chi connectivity index (χ2n) is 5.49. The molecule has 5 heteroatoms. The van der Waals surface area contributed by atoms with Crippen LogP contribution < -0.4 is 10.6 Å². The Morgan fingerprint density at radius 2 is 1.77 bits per heavy atom. The number of hydrogen-bond donors (Lipinski definition) is 3. The van der Waals surface area contributed by atoms with Crippen molar-refractivity contribution in [1.82, 2.24) is 9.97 Å². The minimum absolute atomic E-state index is 0.256. The Balaban J connectivity index is 1.77. The summed E-state index contributed by atoms with van der Waals surface area (Å²) in [5.41, 5.74) is 6.62. The van der Waals surface area contributed by atoms with E-state index in [0.29, 0.717) is 0 Å². The third kappa shape index (κ3) is 2.79. The monoisotopic (exact) mass is 294 g/mol. The smallest absolute Gasteiger partial charge is 0.323 e. The number of amides is 2. The van der Waals surface area contributed by atoms with Gasteiger partial charge in [0.25, 0.3) is 0 Å². The standard InChI is InChI=1S/C17H18N4O/c1-10-6-11(2)16(12(3)7-10)21-17(22)20-13-4-5-14-15(8-13)19-9-18-14/h4-9H,1-3H3,(H,18,19)(H2,20,21,22). The van der Waals surface area contributed by atoms with Gasteiger partial charge in [0.1, 0.15) is 0 Å². The lowest BCUT2D eigenvalue weighted by atomic mass is 10.1. The van der Waals surface area contributed by atoms with E-state index in [0.717, 1.165) is 33.5 Å². The molecule has 0 bridgehead atoms. The summed E-state index contributed by atoms with van der Waals surface area (Å²) in [5.74, 6) is 0. The first-order chi connectivity index (χ1) is 10.5. The summed E-state index contributed by atoms with van der Waals surface area (Å²) in [7, 11) is 0. The molecule has 0 fully saturated rings. The third-order valence-corrected chi connectivity index (χ3v) is 3.59. The Bertz CT molecular complexity index is 828. The third-order valence-electron chi connectivity index (χ3n) is 3.59. The molecule has 0 spiro atoms. The minimum atomic E-state index is -0.256. The van der Waals surface area contributed by atoms with E-state index in [2.05, 4.69) is 32.7 Å². The number of nitrogens with zero attached hydrogens (tertiary/aromatic N) is 1. The lowest BCUT2D eigenvalue weighted by Gasteiger charge is -2.13. The average molecular weight is 294 g/mol. The van der Waals surface area contributed by atoms with Gasteiger partial charge in [0.2, 0.25) is 0 Å². The van der Waals surface area contributed by atoms with Gasteiger partial charge >= 0.3 is 6.03 Å². The Morgan fingerprint density at radius 3 is 2.50 bits per heavy atom. The number of anilines is 2. The van der Waals surface area contributed by atoms with Gasteiger partial charge in [-0.1, -0.05) is 17.7 Å². The number of aromatic amines is 1. The summed E-state index contributed by atoms with van der Waals surface area (Å²) >= 11 is 0. The van der Waals surface area contributed by atoms with Gasteiger partial charge in [-0.15, -0.1) is 0 Å². The summed E-state index contributed by atoms with van der Waals surface area (Å²) < 4.78 is 0. The Labute approximate surface area is 128 Å². The van der Waals surface area contributed by atoms with Gasteiger partial charge in [0, 0.05) is 11.4 Å². The molecule has 0 aliphatic carbocycles. The van der Waals surface area contributed by atoms with E-state index in [4.69, 9.17) is 0 Å². The zero-order valence-corrected chi connectivity index (χ0v) is 12.8. The maximum absolute atomic E-state index is 12.2. The first kappa shape index (κ1) is 14.1. The largest absolute Gasteiger partial charge is 0.345 e. The molecule has 2 aromatic carbocycles. The highest BCUT2D eigenvalue weighted by molar-refractivity contribution is 6.01. The molecule has 0 atom stereocenters. The van der Waals surface area contributed by atoms with E-state index >= 15 is 0 Å². The van der Waals surface area contributed by atoms with Crippen LogP contribution in [-0.2, 0) is 0 Å². The number of aromatic nitrogens is 2. The number of fused-ring (bicyclic) bond motifs is 1. The lowest BCUT2D eigenvalue weighted by molar-refractivity contribution is 0.262. The zero-order valence-electron chi connectivity index (χ0n) is 12.8. The van der Waals surface area contributed by atoms with E-state index in [9.17, 15) is 4.79 Å². The number of carbonyl (C=O) groups excluding carboxylic acids is 1. The molecule has 0 unspecified atom stereocenters. The SMILES string of the molecule is Cc1cc(C)c(NC(=O)Nc2ccc3nc[nH]c3c2)c(C)c1. The Hall–Kier alpha value is -2.82. The molecule has 0 aliphatic rings. The molecule has 3 N–H and O–H groups in total. The highest BCUT2D eigenvalue weighted by atomic mass is 16.2. The van der Waals surface area contributed by atoms with Crippen molar-refractivity contribution in [1.29, 1.82) is 0 Å². The predicted molar refractivity (Wildman–Crippen MR) is 89.4 cm³/mol. The predicted octanol–water partition coefficient (Wildman–Crippen LogP) is 4.13. The van der Waals surface area contributed by atoms with Gasteiger partial charge in [-0.3, -0.25) is 0 Å². The van der Waals surface area contributed by atoms with Crippen LogP contribution >= 0.6 is 0 Å². The lowest BCUT2D eigenvalue weighted by Crippen LogP contribution is -2.20. The van der Waals surface area contributed by atoms with Crippen LogP contribution in [-0.4, -0.2) is 16.0 Å². The van der Waals surface area contributed by atoms with E-state index in [1.807, 2.05) is 39.0 Å². The van der Waals surface area contributed by atoms with Crippen LogP contribution in [0.3, 0.4) is 0 Å².